The van der Waals surface area contributed by atoms with Crippen molar-refractivity contribution in [2.75, 3.05) is 0 Å². The summed E-state index contributed by atoms with van der Waals surface area (Å²) in [6.07, 6.45) is 0. The van der Waals surface area contributed by atoms with Gasteiger partial charge in [0.2, 0.25) is 5.91 Å². The Bertz CT molecular complexity index is 535. The monoisotopic (exact) mass is 248 g/mol. The summed E-state index contributed by atoms with van der Waals surface area (Å²) >= 11 is 0. The van der Waals surface area contributed by atoms with E-state index in [9.17, 15) is 9.59 Å². The van der Waals surface area contributed by atoms with Crippen LogP contribution in [-0.4, -0.2) is 17.0 Å². The number of hydrogen-bond donors (Lipinski definition) is 2. The van der Waals surface area contributed by atoms with Crippen molar-refractivity contribution in [3.63, 3.8) is 0 Å². The lowest BCUT2D eigenvalue weighted by atomic mass is 10.0. The normalized spacial score (nSPS) is 11.2. The minimum Gasteiger partial charge on any atom is -0.478 e. The molecule has 0 saturated carbocycles. The number of carboxylic acid groups (broad SMARTS) is 1. The van der Waals surface area contributed by atoms with Crippen molar-refractivity contribution in [2.45, 2.75) is 19.9 Å². The third kappa shape index (κ3) is 3.23. The molecular formula is C11H12N4O3. The van der Waals surface area contributed by atoms with Gasteiger partial charge in [-0.3, -0.25) is 4.79 Å². The van der Waals surface area contributed by atoms with E-state index in [1.54, 1.807) is 6.92 Å². The van der Waals surface area contributed by atoms with Crippen LogP contribution in [0.4, 0.5) is 5.69 Å². The zero-order valence-electron chi connectivity index (χ0n) is 9.91. The number of aromatic carboxylic acids is 1. The molecule has 1 aromatic rings. The molecule has 1 unspecified atom stereocenters. The fraction of sp³-hybridized carbons (Fsp3) is 0.273. The number of rotatable bonds is 4. The molecule has 0 bridgehead atoms. The Labute approximate surface area is 103 Å². The maximum atomic E-state index is 11.0. The first-order valence-electron chi connectivity index (χ1n) is 5.15. The van der Waals surface area contributed by atoms with Crippen molar-refractivity contribution in [3.8, 4) is 0 Å². The van der Waals surface area contributed by atoms with Crippen LogP contribution in [0.5, 0.6) is 0 Å². The molecule has 1 rings (SSSR count). The summed E-state index contributed by atoms with van der Waals surface area (Å²) in [5, 5.41) is 14.9. The summed E-state index contributed by atoms with van der Waals surface area (Å²) in [5.74, 6) is -1.33. The third-order valence-electron chi connectivity index (χ3n) is 2.32. The molecule has 1 atom stereocenters. The van der Waals surface area contributed by atoms with Crippen LogP contribution in [0.3, 0.4) is 0 Å². The molecule has 1 aromatic carbocycles. The highest BCUT2D eigenvalue weighted by molar-refractivity contribution is 5.89. The smallest absolute Gasteiger partial charge is 0.335 e. The van der Waals surface area contributed by atoms with Crippen LogP contribution < -0.4 is 5.32 Å². The van der Waals surface area contributed by atoms with Crippen LogP contribution in [0, 0.1) is 0 Å². The van der Waals surface area contributed by atoms with E-state index >= 15 is 0 Å². The van der Waals surface area contributed by atoms with E-state index < -0.39 is 5.97 Å². The second-order valence-electron chi connectivity index (χ2n) is 3.69. The summed E-state index contributed by atoms with van der Waals surface area (Å²) in [7, 11) is 0. The summed E-state index contributed by atoms with van der Waals surface area (Å²) in [6, 6.07) is 3.82. The standard InChI is InChI=1S/C11H12N4O3/c1-6(13-7(2)16)9-4-3-8(11(17)18)5-10(9)14-15-12/h3-6H,1-2H3,(H,13,16)(H,17,18). The minimum absolute atomic E-state index is 0.0242. The predicted molar refractivity (Wildman–Crippen MR) is 64.4 cm³/mol. The Hall–Kier alpha value is -2.53. The highest BCUT2D eigenvalue weighted by Gasteiger charge is 2.13. The SMILES string of the molecule is CC(=O)NC(C)c1ccc(C(=O)O)cc1N=[N+]=[N-]. The first kappa shape index (κ1) is 13.5. The molecule has 0 heterocycles. The predicted octanol–water partition coefficient (Wildman–Crippen LogP) is 2.52. The second kappa shape index (κ2) is 5.70. The van der Waals surface area contributed by atoms with Gasteiger partial charge in [-0.15, -0.1) is 0 Å². The highest BCUT2D eigenvalue weighted by atomic mass is 16.4. The highest BCUT2D eigenvalue weighted by Crippen LogP contribution is 2.27. The molecule has 1 amide bonds. The van der Waals surface area contributed by atoms with Gasteiger partial charge in [-0.05, 0) is 30.2 Å². The average molecular weight is 248 g/mol. The number of carboxylic acids is 1. The molecule has 7 heteroatoms. The van der Waals surface area contributed by atoms with Gasteiger partial charge < -0.3 is 10.4 Å². The zero-order chi connectivity index (χ0) is 13.7. The van der Waals surface area contributed by atoms with Gasteiger partial charge in [0.05, 0.1) is 11.6 Å². The van der Waals surface area contributed by atoms with Crippen molar-refractivity contribution in [1.29, 1.82) is 0 Å². The van der Waals surface area contributed by atoms with Crippen LogP contribution in [0.2, 0.25) is 0 Å². The van der Waals surface area contributed by atoms with E-state index in [2.05, 4.69) is 15.3 Å². The number of carbonyl (C=O) groups is 2. The molecule has 18 heavy (non-hydrogen) atoms. The fourth-order valence-corrected chi connectivity index (χ4v) is 1.56. The van der Waals surface area contributed by atoms with Crippen LogP contribution in [0.15, 0.2) is 23.3 Å². The Balaban J connectivity index is 3.22. The Morgan fingerprint density at radius 2 is 2.17 bits per heavy atom. The fourth-order valence-electron chi connectivity index (χ4n) is 1.56. The van der Waals surface area contributed by atoms with Gasteiger partial charge in [0.1, 0.15) is 0 Å². The first-order valence-corrected chi connectivity index (χ1v) is 5.15. The molecule has 2 N–H and O–H groups in total. The average Bonchev–Trinajstić information content (AvgIpc) is 2.28. The Morgan fingerprint density at radius 3 is 2.67 bits per heavy atom. The number of benzene rings is 1. The number of nitrogens with zero attached hydrogens (tertiary/aromatic N) is 3. The second-order valence-corrected chi connectivity index (χ2v) is 3.69. The van der Waals surface area contributed by atoms with Gasteiger partial charge in [-0.2, -0.15) is 0 Å². The van der Waals surface area contributed by atoms with Crippen LogP contribution in [0.25, 0.3) is 10.4 Å². The van der Waals surface area contributed by atoms with E-state index in [-0.39, 0.29) is 23.2 Å². The number of amides is 1. The lowest BCUT2D eigenvalue weighted by Gasteiger charge is -2.15. The van der Waals surface area contributed by atoms with Crippen LogP contribution >= 0.6 is 0 Å². The van der Waals surface area contributed by atoms with Gasteiger partial charge in [-0.25, -0.2) is 4.79 Å². The van der Waals surface area contributed by atoms with Gasteiger partial charge in [-0.1, -0.05) is 11.2 Å². The number of nitrogens with one attached hydrogen (secondary N) is 1. The topological polar surface area (TPSA) is 115 Å². The van der Waals surface area contributed by atoms with Gasteiger partial charge in [0, 0.05) is 17.5 Å². The van der Waals surface area contributed by atoms with E-state index in [0.29, 0.717) is 5.56 Å². The van der Waals surface area contributed by atoms with Crippen molar-refractivity contribution in [3.05, 3.63) is 39.8 Å². The summed E-state index contributed by atoms with van der Waals surface area (Å²) < 4.78 is 0. The molecule has 0 spiro atoms. The maximum Gasteiger partial charge on any atom is 0.335 e. The molecule has 0 aliphatic rings. The molecule has 0 fully saturated rings. The molecule has 0 radical (unpaired) electrons. The Morgan fingerprint density at radius 1 is 1.50 bits per heavy atom. The van der Waals surface area contributed by atoms with Gasteiger partial charge in [0.15, 0.2) is 0 Å². The molecule has 0 aliphatic carbocycles. The van der Waals surface area contributed by atoms with Crippen molar-refractivity contribution in [1.82, 2.24) is 5.32 Å². The van der Waals surface area contributed by atoms with E-state index in [0.717, 1.165) is 0 Å². The van der Waals surface area contributed by atoms with Gasteiger partial charge >= 0.3 is 5.97 Å². The van der Waals surface area contributed by atoms with E-state index in [1.165, 1.54) is 25.1 Å². The lowest BCUT2D eigenvalue weighted by Crippen LogP contribution is -2.23. The van der Waals surface area contributed by atoms with Crippen LogP contribution in [0.1, 0.15) is 35.8 Å². The third-order valence-corrected chi connectivity index (χ3v) is 2.32. The molecule has 0 aliphatic heterocycles. The van der Waals surface area contributed by atoms with E-state index in [1.807, 2.05) is 0 Å². The molecule has 0 saturated heterocycles. The largest absolute Gasteiger partial charge is 0.478 e. The Kier molecular flexibility index (Phi) is 4.28. The zero-order valence-corrected chi connectivity index (χ0v) is 9.91. The summed E-state index contributed by atoms with van der Waals surface area (Å²) in [5.41, 5.74) is 9.24. The van der Waals surface area contributed by atoms with Crippen molar-refractivity contribution >= 4 is 17.6 Å². The van der Waals surface area contributed by atoms with Crippen molar-refractivity contribution in [2.24, 2.45) is 5.11 Å². The minimum atomic E-state index is -1.11. The molecule has 94 valence electrons. The van der Waals surface area contributed by atoms with Crippen molar-refractivity contribution < 1.29 is 14.7 Å². The number of azide groups is 1. The van der Waals surface area contributed by atoms with Gasteiger partial charge in [0.25, 0.3) is 0 Å². The molecular weight excluding hydrogens is 236 g/mol. The van der Waals surface area contributed by atoms with Crippen LogP contribution in [-0.2, 0) is 4.79 Å². The quantitative estimate of drug-likeness (QED) is 0.484. The summed E-state index contributed by atoms with van der Waals surface area (Å²) in [4.78, 5) is 24.4. The first-order chi connectivity index (χ1) is 8.45. The lowest BCUT2D eigenvalue weighted by molar-refractivity contribution is -0.119. The number of carbonyl (C=O) groups excluding carboxylic acids is 1. The van der Waals surface area contributed by atoms with E-state index in [4.69, 9.17) is 10.6 Å². The molecule has 7 nitrogen and oxygen atoms in total. The maximum absolute atomic E-state index is 11.0. The summed E-state index contributed by atoms with van der Waals surface area (Å²) in [6.45, 7) is 3.09. The molecule has 0 aromatic heterocycles. The number of hydrogen-bond acceptors (Lipinski definition) is 3.